The third-order valence-electron chi connectivity index (χ3n) is 3.48. The van der Waals surface area contributed by atoms with Crippen LogP contribution in [-0.2, 0) is 4.79 Å². The molecule has 86 valence electrons. The van der Waals surface area contributed by atoms with Crippen molar-refractivity contribution in [3.63, 3.8) is 0 Å². The molecular weight excluding hydrogens is 202 g/mol. The van der Waals surface area contributed by atoms with Gasteiger partial charge in [0.15, 0.2) is 0 Å². The smallest absolute Gasteiger partial charge is 0.306 e. The van der Waals surface area contributed by atoms with Crippen LogP contribution >= 0.6 is 0 Å². The molecule has 0 radical (unpaired) electrons. The van der Waals surface area contributed by atoms with Crippen molar-refractivity contribution in [3.05, 3.63) is 29.8 Å². The van der Waals surface area contributed by atoms with Crippen LogP contribution in [0.4, 0.5) is 5.69 Å². The van der Waals surface area contributed by atoms with Crippen LogP contribution in [0.25, 0.3) is 0 Å². The van der Waals surface area contributed by atoms with E-state index < -0.39 is 5.97 Å². The molecule has 3 N–H and O–H groups in total. The van der Waals surface area contributed by atoms with Crippen LogP contribution in [0.5, 0.6) is 0 Å². The zero-order chi connectivity index (χ0) is 11.5. The molecule has 1 aliphatic carbocycles. The van der Waals surface area contributed by atoms with E-state index in [1.54, 1.807) is 0 Å². The lowest BCUT2D eigenvalue weighted by Crippen LogP contribution is -2.20. The number of rotatable bonds is 2. The topological polar surface area (TPSA) is 63.3 Å². The van der Waals surface area contributed by atoms with Crippen LogP contribution in [-0.4, -0.2) is 11.1 Å². The van der Waals surface area contributed by atoms with Gasteiger partial charge in [-0.1, -0.05) is 12.1 Å². The van der Waals surface area contributed by atoms with Gasteiger partial charge < -0.3 is 10.8 Å². The molecule has 0 heterocycles. The van der Waals surface area contributed by atoms with Crippen LogP contribution < -0.4 is 5.73 Å². The lowest BCUT2D eigenvalue weighted by atomic mass is 9.79. The average Bonchev–Trinajstić information content (AvgIpc) is 2.30. The monoisotopic (exact) mass is 219 g/mol. The van der Waals surface area contributed by atoms with Crippen molar-refractivity contribution in [2.24, 2.45) is 5.92 Å². The molecule has 0 saturated heterocycles. The van der Waals surface area contributed by atoms with Crippen LogP contribution in [0.3, 0.4) is 0 Å². The molecule has 1 aromatic rings. The Hall–Kier alpha value is -1.51. The van der Waals surface area contributed by atoms with E-state index in [9.17, 15) is 4.79 Å². The summed E-state index contributed by atoms with van der Waals surface area (Å²) < 4.78 is 0. The molecule has 1 saturated carbocycles. The summed E-state index contributed by atoms with van der Waals surface area (Å²) in [7, 11) is 0. The van der Waals surface area contributed by atoms with E-state index in [1.165, 1.54) is 5.56 Å². The van der Waals surface area contributed by atoms with Gasteiger partial charge in [-0.15, -0.1) is 0 Å². The highest BCUT2D eigenvalue weighted by Gasteiger charge is 2.26. The van der Waals surface area contributed by atoms with E-state index in [-0.39, 0.29) is 5.92 Å². The molecule has 0 unspecified atom stereocenters. The lowest BCUT2D eigenvalue weighted by Gasteiger charge is -2.26. The fourth-order valence-corrected chi connectivity index (χ4v) is 2.44. The number of carboxylic acid groups (broad SMARTS) is 1. The van der Waals surface area contributed by atoms with Gasteiger partial charge in [0, 0.05) is 5.69 Å². The molecule has 1 aliphatic rings. The molecule has 1 aromatic carbocycles. The van der Waals surface area contributed by atoms with Gasteiger partial charge in [-0.3, -0.25) is 4.79 Å². The molecule has 0 spiro atoms. The second-order valence-electron chi connectivity index (χ2n) is 4.55. The summed E-state index contributed by atoms with van der Waals surface area (Å²) >= 11 is 0. The van der Waals surface area contributed by atoms with E-state index >= 15 is 0 Å². The van der Waals surface area contributed by atoms with Gasteiger partial charge in [-0.25, -0.2) is 0 Å². The summed E-state index contributed by atoms with van der Waals surface area (Å²) in [6.45, 7) is 0. The van der Waals surface area contributed by atoms with Gasteiger partial charge in [0.1, 0.15) is 0 Å². The number of nitrogen functional groups attached to an aromatic ring is 1. The van der Waals surface area contributed by atoms with E-state index in [4.69, 9.17) is 10.8 Å². The molecule has 3 nitrogen and oxygen atoms in total. The zero-order valence-corrected chi connectivity index (χ0v) is 9.23. The molecular formula is C13H17NO2. The van der Waals surface area contributed by atoms with Gasteiger partial charge in [0.25, 0.3) is 0 Å². The first kappa shape index (κ1) is 11.0. The third kappa shape index (κ3) is 2.35. The molecule has 1 fully saturated rings. The molecule has 0 bridgehead atoms. The van der Waals surface area contributed by atoms with Crippen molar-refractivity contribution >= 4 is 11.7 Å². The largest absolute Gasteiger partial charge is 0.481 e. The Bertz CT molecular complexity index is 364. The van der Waals surface area contributed by atoms with Crippen LogP contribution in [0, 0.1) is 5.92 Å². The Balaban J connectivity index is 1.99. The Kier molecular flexibility index (Phi) is 3.13. The predicted molar refractivity (Wildman–Crippen MR) is 63.2 cm³/mol. The van der Waals surface area contributed by atoms with Gasteiger partial charge in [0.2, 0.25) is 0 Å². The van der Waals surface area contributed by atoms with E-state index in [0.29, 0.717) is 5.92 Å². The third-order valence-corrected chi connectivity index (χ3v) is 3.48. The maximum Gasteiger partial charge on any atom is 0.306 e. The summed E-state index contributed by atoms with van der Waals surface area (Å²) in [6, 6.07) is 7.94. The fourth-order valence-electron chi connectivity index (χ4n) is 2.44. The minimum Gasteiger partial charge on any atom is -0.481 e. The number of carbonyl (C=O) groups is 1. The highest BCUT2D eigenvalue weighted by atomic mass is 16.4. The van der Waals surface area contributed by atoms with E-state index in [1.807, 2.05) is 12.1 Å². The van der Waals surface area contributed by atoms with Crippen molar-refractivity contribution in [3.8, 4) is 0 Å². The Morgan fingerprint density at radius 1 is 1.12 bits per heavy atom. The highest BCUT2D eigenvalue weighted by molar-refractivity contribution is 5.70. The first-order valence-corrected chi connectivity index (χ1v) is 5.75. The zero-order valence-electron chi connectivity index (χ0n) is 9.23. The molecule has 0 aromatic heterocycles. The van der Waals surface area contributed by atoms with Gasteiger partial charge in [-0.2, -0.15) is 0 Å². The van der Waals surface area contributed by atoms with Crippen molar-refractivity contribution in [2.45, 2.75) is 31.6 Å². The number of aliphatic carboxylic acids is 1. The summed E-state index contributed by atoms with van der Waals surface area (Å²) in [5.41, 5.74) is 7.71. The second-order valence-corrected chi connectivity index (χ2v) is 4.55. The summed E-state index contributed by atoms with van der Waals surface area (Å²) in [4.78, 5) is 10.8. The standard InChI is InChI=1S/C13H17NO2/c14-12-7-5-10(6-8-12)9-1-3-11(4-2-9)13(15)16/h5-9,11H,1-4,14H2,(H,15,16). The number of hydrogen-bond acceptors (Lipinski definition) is 2. The van der Waals surface area contributed by atoms with Crippen molar-refractivity contribution < 1.29 is 9.90 Å². The van der Waals surface area contributed by atoms with Crippen molar-refractivity contribution in [1.29, 1.82) is 0 Å². The number of hydrogen-bond donors (Lipinski definition) is 2. The number of nitrogens with two attached hydrogens (primary N) is 1. The van der Waals surface area contributed by atoms with Crippen molar-refractivity contribution in [2.75, 3.05) is 5.73 Å². The maximum absolute atomic E-state index is 10.8. The molecule has 3 heteroatoms. The van der Waals surface area contributed by atoms with Crippen LogP contribution in [0.2, 0.25) is 0 Å². The number of anilines is 1. The van der Waals surface area contributed by atoms with Gasteiger partial charge in [0.05, 0.1) is 5.92 Å². The summed E-state index contributed by atoms with van der Waals surface area (Å²) in [6.07, 6.45) is 3.54. The van der Waals surface area contributed by atoms with Crippen molar-refractivity contribution in [1.82, 2.24) is 0 Å². The molecule has 0 amide bonds. The fraction of sp³-hybridized carbons (Fsp3) is 0.462. The maximum atomic E-state index is 10.8. The minimum atomic E-state index is -0.643. The first-order valence-electron chi connectivity index (χ1n) is 5.75. The van der Waals surface area contributed by atoms with E-state index in [0.717, 1.165) is 31.4 Å². The minimum absolute atomic E-state index is 0.134. The average molecular weight is 219 g/mol. The Labute approximate surface area is 95.3 Å². The molecule has 0 atom stereocenters. The SMILES string of the molecule is Nc1ccc(C2CCC(C(=O)O)CC2)cc1. The molecule has 2 rings (SSSR count). The van der Waals surface area contributed by atoms with Gasteiger partial charge >= 0.3 is 5.97 Å². The predicted octanol–water partition coefficient (Wildman–Crippen LogP) is 2.63. The van der Waals surface area contributed by atoms with Gasteiger partial charge in [-0.05, 0) is 49.3 Å². The first-order chi connectivity index (χ1) is 7.66. The Morgan fingerprint density at radius 2 is 1.69 bits per heavy atom. The molecule has 0 aliphatic heterocycles. The summed E-state index contributed by atoms with van der Waals surface area (Å²) in [5, 5.41) is 8.91. The lowest BCUT2D eigenvalue weighted by molar-refractivity contribution is -0.142. The number of benzene rings is 1. The normalized spacial score (nSPS) is 25.2. The number of carboxylic acids is 1. The summed E-state index contributed by atoms with van der Waals surface area (Å²) in [5.74, 6) is -0.267. The van der Waals surface area contributed by atoms with Crippen LogP contribution in [0.1, 0.15) is 37.2 Å². The highest BCUT2D eigenvalue weighted by Crippen LogP contribution is 2.35. The van der Waals surface area contributed by atoms with E-state index in [2.05, 4.69) is 12.1 Å². The molecule has 16 heavy (non-hydrogen) atoms. The van der Waals surface area contributed by atoms with Crippen LogP contribution in [0.15, 0.2) is 24.3 Å². The second kappa shape index (κ2) is 4.56. The quantitative estimate of drug-likeness (QED) is 0.751. The Morgan fingerprint density at radius 3 is 2.19 bits per heavy atom.